The second-order valence-electron chi connectivity index (χ2n) is 22.4. The van der Waals surface area contributed by atoms with Crippen LogP contribution in [0, 0.1) is 25.7 Å². The van der Waals surface area contributed by atoms with Crippen LogP contribution in [0.1, 0.15) is 130 Å². The summed E-state index contributed by atoms with van der Waals surface area (Å²) in [4.78, 5) is 54.0. The van der Waals surface area contributed by atoms with Crippen LogP contribution in [0.3, 0.4) is 0 Å². The van der Waals surface area contributed by atoms with E-state index in [2.05, 4.69) is 162 Å². The molecule has 2 N–H and O–H groups in total. The van der Waals surface area contributed by atoms with Crippen molar-refractivity contribution in [3.63, 3.8) is 0 Å². The minimum absolute atomic E-state index is 0.125. The number of hydrogen-bond donors (Lipinski definition) is 2. The Balaban J connectivity index is 0.000000216. The molecule has 12 nitrogen and oxygen atoms in total. The molecule has 0 aliphatic carbocycles. The van der Waals surface area contributed by atoms with Crippen molar-refractivity contribution in [3.8, 4) is 0 Å². The second kappa shape index (κ2) is 24.5. The Morgan fingerprint density at radius 3 is 1.08 bits per heavy atom. The third kappa shape index (κ3) is 12.3. The first-order chi connectivity index (χ1) is 35.3. The molecule has 14 heteroatoms. The van der Waals surface area contributed by atoms with Gasteiger partial charge in [0.2, 0.25) is 0 Å². The Morgan fingerprint density at radius 1 is 0.514 bits per heavy atom. The van der Waals surface area contributed by atoms with Gasteiger partial charge in [0.1, 0.15) is 12.5 Å². The molecule has 8 rings (SSSR count). The summed E-state index contributed by atoms with van der Waals surface area (Å²) in [5.41, 5.74) is -0.561. The Hall–Kier alpha value is -5.49. The van der Waals surface area contributed by atoms with Gasteiger partial charge in [-0.25, -0.2) is 9.59 Å². The Kier molecular flexibility index (Phi) is 18.6. The van der Waals surface area contributed by atoms with Gasteiger partial charge in [0.25, 0.3) is 27.8 Å². The molecule has 0 bridgehead atoms. The SMILES string of the molecule is CCCC[C@H]1C[C@@H](n2cc(C)c(=O)[nH]c2=O)O[C@@H]1CO[Si](c1ccccc1)(c1ccccc1)C(C)(C)C.CCCC[C@H]1C[C@H](n2cc(C)c(=O)[nH]c2=O)O[C@@H]1CO[Si](c1ccccc1)(c1ccccc1)C(C)(C)C. The number of ether oxygens (including phenoxy) is 2. The van der Waals surface area contributed by atoms with E-state index in [9.17, 15) is 19.2 Å². The number of nitrogens with one attached hydrogen (secondary N) is 2. The summed E-state index contributed by atoms with van der Waals surface area (Å²) in [5.74, 6) is 0.532. The quantitative estimate of drug-likeness (QED) is 0.0812. The van der Waals surface area contributed by atoms with Gasteiger partial charge in [0, 0.05) is 23.5 Å². The molecule has 4 heterocycles. The Labute approximate surface area is 439 Å². The molecule has 0 amide bonds. The number of aromatic nitrogens is 4. The molecular formula is C60H80N4O8Si2. The fourth-order valence-corrected chi connectivity index (χ4v) is 20.5. The highest BCUT2D eigenvalue weighted by atomic mass is 28.4. The van der Waals surface area contributed by atoms with Gasteiger partial charge in [-0.2, -0.15) is 0 Å². The summed E-state index contributed by atoms with van der Waals surface area (Å²) in [5, 5.41) is 4.70. The van der Waals surface area contributed by atoms with Crippen molar-refractivity contribution in [1.82, 2.24) is 19.1 Å². The van der Waals surface area contributed by atoms with Crippen molar-refractivity contribution in [2.24, 2.45) is 11.8 Å². The number of hydrogen-bond acceptors (Lipinski definition) is 8. The van der Waals surface area contributed by atoms with Crippen molar-refractivity contribution in [2.45, 2.75) is 155 Å². The van der Waals surface area contributed by atoms with E-state index in [-0.39, 0.29) is 45.2 Å². The van der Waals surface area contributed by atoms with E-state index in [4.69, 9.17) is 18.3 Å². The molecule has 2 saturated heterocycles. The van der Waals surface area contributed by atoms with E-state index < -0.39 is 40.5 Å². The minimum Gasteiger partial charge on any atom is -0.405 e. The summed E-state index contributed by atoms with van der Waals surface area (Å²) in [7, 11) is -5.40. The first-order valence-corrected chi connectivity index (χ1v) is 30.6. The van der Waals surface area contributed by atoms with E-state index in [1.165, 1.54) is 20.7 Å². The van der Waals surface area contributed by atoms with Crippen molar-refractivity contribution >= 4 is 37.4 Å². The first kappa shape index (κ1) is 56.2. The number of unbranched alkanes of at least 4 members (excludes halogenated alkanes) is 2. The lowest BCUT2D eigenvalue weighted by atomic mass is 9.95. The maximum Gasteiger partial charge on any atom is 0.330 e. The summed E-state index contributed by atoms with van der Waals surface area (Å²) in [6, 6.07) is 42.5. The predicted molar refractivity (Wildman–Crippen MR) is 302 cm³/mol. The largest absolute Gasteiger partial charge is 0.405 e. The summed E-state index contributed by atoms with van der Waals surface area (Å²) in [6.07, 6.45) is 9.97. The zero-order valence-corrected chi connectivity index (χ0v) is 47.4. The van der Waals surface area contributed by atoms with Crippen LogP contribution in [0.2, 0.25) is 10.1 Å². The lowest BCUT2D eigenvalue weighted by Crippen LogP contribution is -2.67. The highest BCUT2D eigenvalue weighted by molar-refractivity contribution is 7.00. The minimum atomic E-state index is -2.70. The summed E-state index contributed by atoms with van der Waals surface area (Å²) < 4.78 is 30.6. The average molecular weight is 1040 g/mol. The van der Waals surface area contributed by atoms with Gasteiger partial charge in [0.15, 0.2) is 0 Å². The molecule has 396 valence electrons. The van der Waals surface area contributed by atoms with Crippen molar-refractivity contribution in [3.05, 3.63) is 187 Å². The monoisotopic (exact) mass is 1040 g/mol. The highest BCUT2D eigenvalue weighted by Gasteiger charge is 2.53. The molecule has 6 aromatic rings. The number of benzene rings is 4. The van der Waals surface area contributed by atoms with Crippen LogP contribution in [-0.4, -0.2) is 61.2 Å². The number of aromatic amines is 2. The molecule has 2 aliphatic rings. The fraction of sp³-hybridized carbons (Fsp3) is 0.467. The predicted octanol–water partition coefficient (Wildman–Crippen LogP) is 9.03. The number of rotatable bonds is 18. The highest BCUT2D eigenvalue weighted by Crippen LogP contribution is 2.42. The number of aryl methyl sites for hydroxylation is 2. The van der Waals surface area contributed by atoms with Crippen molar-refractivity contribution in [2.75, 3.05) is 13.2 Å². The molecule has 2 aromatic heterocycles. The number of nitrogens with zero attached hydrogens (tertiary/aromatic N) is 2. The number of H-pyrrole nitrogens is 2. The van der Waals surface area contributed by atoms with Gasteiger partial charge in [-0.1, -0.05) is 202 Å². The maximum atomic E-state index is 12.6. The van der Waals surface area contributed by atoms with Crippen molar-refractivity contribution in [1.29, 1.82) is 0 Å². The molecule has 4 aromatic carbocycles. The van der Waals surface area contributed by atoms with Crippen LogP contribution in [0.4, 0.5) is 0 Å². The van der Waals surface area contributed by atoms with Crippen LogP contribution >= 0.6 is 0 Å². The zero-order valence-electron chi connectivity index (χ0n) is 45.4. The molecule has 0 unspecified atom stereocenters. The van der Waals surface area contributed by atoms with Crippen LogP contribution in [-0.2, 0) is 18.3 Å². The fourth-order valence-electron chi connectivity index (χ4n) is 11.3. The third-order valence-corrected chi connectivity index (χ3v) is 25.3. The van der Waals surface area contributed by atoms with Gasteiger partial charge in [-0.05, 0) is 82.2 Å². The second-order valence-corrected chi connectivity index (χ2v) is 31.1. The third-order valence-electron chi connectivity index (χ3n) is 15.3. The molecule has 2 fully saturated rings. The van der Waals surface area contributed by atoms with Gasteiger partial charge in [-0.3, -0.25) is 28.7 Å². The van der Waals surface area contributed by atoms with Crippen LogP contribution in [0.15, 0.2) is 153 Å². The summed E-state index contributed by atoms with van der Waals surface area (Å²) in [6.45, 7) is 22.3. The smallest absolute Gasteiger partial charge is 0.330 e. The standard InChI is InChI=1S/2C30H40N2O4Si/c2*1-6-7-14-23-19-27(32-20-22(2)28(33)31-29(32)34)36-26(23)21-35-37(30(3,4)5,24-15-10-8-11-16-24)25-17-12-9-13-18-25/h2*8-13,15-18,20,23,26-27H,6-7,14,19,21H2,1-5H3,(H,31,33,34)/t23-,26+,27+;23-,26+,27-/m00/s1. The Bertz CT molecular complexity index is 2680. The van der Waals surface area contributed by atoms with Gasteiger partial charge >= 0.3 is 11.4 Å². The average Bonchev–Trinajstić information content (AvgIpc) is 3.99. The van der Waals surface area contributed by atoms with Crippen LogP contribution < -0.4 is 43.2 Å². The zero-order chi connectivity index (χ0) is 53.3. The summed E-state index contributed by atoms with van der Waals surface area (Å²) >= 11 is 0. The molecule has 2 aliphatic heterocycles. The molecule has 0 saturated carbocycles. The van der Waals surface area contributed by atoms with E-state index in [0.717, 1.165) is 51.4 Å². The van der Waals surface area contributed by atoms with E-state index >= 15 is 0 Å². The maximum absolute atomic E-state index is 12.6. The van der Waals surface area contributed by atoms with E-state index in [0.29, 0.717) is 24.3 Å². The first-order valence-electron chi connectivity index (χ1n) is 26.8. The molecule has 74 heavy (non-hydrogen) atoms. The van der Waals surface area contributed by atoms with E-state index in [1.54, 1.807) is 35.4 Å². The lowest BCUT2D eigenvalue weighted by Gasteiger charge is -2.43. The normalized spacial score (nSPS) is 20.3. The Morgan fingerprint density at radius 2 is 0.811 bits per heavy atom. The topological polar surface area (TPSA) is 147 Å². The molecule has 0 spiro atoms. The van der Waals surface area contributed by atoms with E-state index in [1.807, 2.05) is 24.3 Å². The van der Waals surface area contributed by atoms with Gasteiger partial charge < -0.3 is 18.3 Å². The molecule has 6 atom stereocenters. The molecular weight excluding hydrogens is 961 g/mol. The van der Waals surface area contributed by atoms with Crippen LogP contribution in [0.25, 0.3) is 0 Å². The van der Waals surface area contributed by atoms with Gasteiger partial charge in [-0.15, -0.1) is 0 Å². The molecule has 0 radical (unpaired) electrons. The van der Waals surface area contributed by atoms with Crippen LogP contribution in [0.5, 0.6) is 0 Å². The van der Waals surface area contributed by atoms with Crippen molar-refractivity contribution < 1.29 is 18.3 Å². The van der Waals surface area contributed by atoms with Gasteiger partial charge in [0.05, 0.1) is 25.4 Å². The lowest BCUT2D eigenvalue weighted by molar-refractivity contribution is -0.0302.